The number of aryl methyl sites for hydroxylation is 1. The normalized spacial score (nSPS) is 26.9. The molecule has 2 aliphatic heterocycles. The highest BCUT2D eigenvalue weighted by atomic mass is 35.5. The van der Waals surface area contributed by atoms with E-state index in [1.54, 1.807) is 18.0 Å². The van der Waals surface area contributed by atoms with E-state index >= 15 is 0 Å². The van der Waals surface area contributed by atoms with E-state index in [1.165, 1.54) is 11.1 Å². The fourth-order valence-corrected chi connectivity index (χ4v) is 6.32. The van der Waals surface area contributed by atoms with Crippen LogP contribution in [0.25, 0.3) is 0 Å². The third-order valence-electron chi connectivity index (χ3n) is 8.57. The van der Waals surface area contributed by atoms with Crippen molar-refractivity contribution >= 4 is 29.8 Å². The van der Waals surface area contributed by atoms with E-state index in [2.05, 4.69) is 24.0 Å². The van der Waals surface area contributed by atoms with E-state index in [0.717, 1.165) is 37.3 Å². The Morgan fingerprint density at radius 1 is 1.17 bits per heavy atom. The molecule has 5 unspecified atom stereocenters. The van der Waals surface area contributed by atoms with Gasteiger partial charge in [0.2, 0.25) is 5.91 Å². The van der Waals surface area contributed by atoms with E-state index in [0.29, 0.717) is 49.3 Å². The summed E-state index contributed by atoms with van der Waals surface area (Å²) >= 11 is 6.37. The predicted molar refractivity (Wildman–Crippen MR) is 162 cm³/mol. The summed E-state index contributed by atoms with van der Waals surface area (Å²) in [7, 11) is 1.74. The van der Waals surface area contributed by atoms with Gasteiger partial charge in [0.25, 0.3) is 6.47 Å². The topological polar surface area (TPSA) is 123 Å². The van der Waals surface area contributed by atoms with Gasteiger partial charge in [0, 0.05) is 37.6 Å². The van der Waals surface area contributed by atoms with E-state index in [-0.39, 0.29) is 30.6 Å². The highest BCUT2D eigenvalue weighted by molar-refractivity contribution is 6.30. The SMILES string of the molecule is CCCc1cc(Cl)ccc1C1COc2ccc3nc2N(C1)CC1CCC1C(O)/C=C/CCN(C)C(=O)CC3O.O=CO. The number of hydrogen-bond acceptors (Lipinski definition) is 7. The highest BCUT2D eigenvalue weighted by Crippen LogP contribution is 2.42. The molecular weight excluding hydrogens is 558 g/mol. The van der Waals surface area contributed by atoms with Crippen molar-refractivity contribution in [1.82, 2.24) is 9.88 Å². The molecule has 0 saturated heterocycles. The van der Waals surface area contributed by atoms with Crippen LogP contribution in [0.15, 0.2) is 42.5 Å². The highest BCUT2D eigenvalue weighted by Gasteiger charge is 2.38. The molecular formula is C32H42ClN3O6. The summed E-state index contributed by atoms with van der Waals surface area (Å²) in [6.45, 7) is 4.41. The average molecular weight is 600 g/mol. The molecule has 0 spiro atoms. The minimum absolute atomic E-state index is 0.0338. The van der Waals surface area contributed by atoms with Crippen LogP contribution in [0.1, 0.15) is 67.9 Å². The number of rotatable bonds is 3. The third kappa shape index (κ3) is 7.62. The van der Waals surface area contributed by atoms with Crippen LogP contribution in [-0.2, 0) is 16.0 Å². The Morgan fingerprint density at radius 2 is 1.95 bits per heavy atom. The van der Waals surface area contributed by atoms with Crippen LogP contribution in [0.5, 0.6) is 5.75 Å². The zero-order valence-electron chi connectivity index (χ0n) is 24.4. The van der Waals surface area contributed by atoms with Crippen LogP contribution >= 0.6 is 11.6 Å². The van der Waals surface area contributed by atoms with Crippen molar-refractivity contribution in [3.63, 3.8) is 0 Å². The maximum Gasteiger partial charge on any atom is 0.290 e. The van der Waals surface area contributed by atoms with Crippen molar-refractivity contribution in [2.75, 3.05) is 38.2 Å². The molecule has 3 aliphatic rings. The molecule has 2 bridgehead atoms. The van der Waals surface area contributed by atoms with Gasteiger partial charge < -0.3 is 29.9 Å². The molecule has 1 aliphatic carbocycles. The van der Waals surface area contributed by atoms with Crippen LogP contribution in [0, 0.1) is 11.8 Å². The Morgan fingerprint density at radius 3 is 2.67 bits per heavy atom. The first-order valence-electron chi connectivity index (χ1n) is 14.8. The van der Waals surface area contributed by atoms with Gasteiger partial charge in [-0.2, -0.15) is 0 Å². The maximum atomic E-state index is 12.8. The second-order valence-corrected chi connectivity index (χ2v) is 11.8. The number of carboxylic acid groups (broad SMARTS) is 1. The third-order valence-corrected chi connectivity index (χ3v) is 8.81. The van der Waals surface area contributed by atoms with Gasteiger partial charge in [0.1, 0.15) is 6.10 Å². The van der Waals surface area contributed by atoms with Crippen LogP contribution in [0.3, 0.4) is 0 Å². The van der Waals surface area contributed by atoms with Crippen LogP contribution in [-0.4, -0.2) is 77.0 Å². The van der Waals surface area contributed by atoms with Crippen molar-refractivity contribution in [2.24, 2.45) is 11.8 Å². The number of fused-ring (bicyclic) bond motifs is 2. The van der Waals surface area contributed by atoms with Gasteiger partial charge in [-0.15, -0.1) is 0 Å². The molecule has 1 saturated carbocycles. The number of carbonyl (C=O) groups excluding carboxylic acids is 1. The van der Waals surface area contributed by atoms with Crippen molar-refractivity contribution in [1.29, 1.82) is 0 Å². The first-order chi connectivity index (χ1) is 20.2. The van der Waals surface area contributed by atoms with Gasteiger partial charge in [0.05, 0.1) is 24.8 Å². The number of amides is 1. The van der Waals surface area contributed by atoms with E-state index < -0.39 is 12.2 Å². The summed E-state index contributed by atoms with van der Waals surface area (Å²) in [5.41, 5.74) is 2.95. The second kappa shape index (κ2) is 14.8. The molecule has 10 heteroatoms. The molecule has 1 aromatic heterocycles. The lowest BCUT2D eigenvalue weighted by atomic mass is 9.70. The average Bonchev–Trinajstić information content (AvgIpc) is 3.12. The lowest BCUT2D eigenvalue weighted by Crippen LogP contribution is -2.44. The van der Waals surface area contributed by atoms with Crippen molar-refractivity contribution in [3.8, 4) is 5.75 Å². The zero-order chi connectivity index (χ0) is 30.2. The summed E-state index contributed by atoms with van der Waals surface area (Å²) < 4.78 is 6.36. The van der Waals surface area contributed by atoms with Gasteiger partial charge in [0.15, 0.2) is 11.6 Å². The molecule has 2 aromatic rings. The van der Waals surface area contributed by atoms with Crippen molar-refractivity contribution in [2.45, 2.75) is 63.6 Å². The number of anilines is 1. The number of aromatic nitrogens is 1. The molecule has 3 heterocycles. The number of benzene rings is 1. The van der Waals surface area contributed by atoms with Crippen LogP contribution < -0.4 is 9.64 Å². The van der Waals surface area contributed by atoms with Crippen molar-refractivity contribution < 1.29 is 29.6 Å². The fourth-order valence-electron chi connectivity index (χ4n) is 6.13. The Hall–Kier alpha value is -3.14. The maximum absolute atomic E-state index is 12.8. The standard InChI is InChI=1S/C31H40ClN3O4.CH2O2/c1-3-6-20-15-23(32)9-11-24(20)22-18-35-17-21-8-10-25(21)27(36)7-4-5-14-34(2)30(38)16-28(37)26-12-13-29(39-19-22)31(35)33-26;2-1-3/h4,7,9,11-13,15,21-22,25,27-28,36-37H,3,5-6,8,10,14,16-19H2,1-2H3;1H,(H,2,3)/b7-4+;. The molecule has 42 heavy (non-hydrogen) atoms. The number of hydrogen-bond donors (Lipinski definition) is 3. The zero-order valence-corrected chi connectivity index (χ0v) is 25.1. The summed E-state index contributed by atoms with van der Waals surface area (Å²) in [4.78, 5) is 29.9. The second-order valence-electron chi connectivity index (χ2n) is 11.4. The number of nitrogens with zero attached hydrogens (tertiary/aromatic N) is 3. The Kier molecular flexibility index (Phi) is 11.2. The largest absolute Gasteiger partial charge is 0.489 e. The predicted octanol–water partition coefficient (Wildman–Crippen LogP) is 4.60. The Labute approximate surface area is 252 Å². The van der Waals surface area contributed by atoms with Gasteiger partial charge >= 0.3 is 0 Å². The lowest BCUT2D eigenvalue weighted by Gasteiger charge is -2.42. The van der Waals surface area contributed by atoms with E-state index in [9.17, 15) is 15.0 Å². The van der Waals surface area contributed by atoms with E-state index in [4.69, 9.17) is 31.2 Å². The smallest absolute Gasteiger partial charge is 0.290 e. The summed E-state index contributed by atoms with van der Waals surface area (Å²) in [5.74, 6) is 1.85. The van der Waals surface area contributed by atoms with Crippen LogP contribution in [0.4, 0.5) is 5.82 Å². The fraction of sp³-hybridized carbons (Fsp3) is 0.531. The number of aliphatic hydroxyl groups is 2. The summed E-state index contributed by atoms with van der Waals surface area (Å²) in [5, 5.41) is 29.6. The number of pyridine rings is 1. The monoisotopic (exact) mass is 599 g/mol. The number of ether oxygens (including phenoxy) is 1. The molecule has 3 N–H and O–H groups in total. The minimum Gasteiger partial charge on any atom is -0.489 e. The Balaban J connectivity index is 0.00000129. The quantitative estimate of drug-likeness (QED) is 0.345. The molecule has 5 rings (SSSR count). The van der Waals surface area contributed by atoms with Gasteiger partial charge in [-0.25, -0.2) is 4.98 Å². The van der Waals surface area contributed by atoms with Gasteiger partial charge in [-0.3, -0.25) is 9.59 Å². The molecule has 1 fully saturated rings. The minimum atomic E-state index is -1.000. The lowest BCUT2D eigenvalue weighted by molar-refractivity contribution is -0.132. The first kappa shape index (κ1) is 31.8. The van der Waals surface area contributed by atoms with E-state index in [1.807, 2.05) is 24.3 Å². The van der Waals surface area contributed by atoms with Gasteiger partial charge in [-0.1, -0.05) is 43.2 Å². The molecule has 9 nitrogen and oxygen atoms in total. The first-order valence-corrected chi connectivity index (χ1v) is 15.1. The number of aliphatic hydroxyl groups excluding tert-OH is 2. The molecule has 1 aromatic carbocycles. The number of carbonyl (C=O) groups is 2. The number of halogens is 1. The van der Waals surface area contributed by atoms with Crippen LogP contribution in [0.2, 0.25) is 5.02 Å². The summed E-state index contributed by atoms with van der Waals surface area (Å²) in [6, 6.07) is 9.78. The summed E-state index contributed by atoms with van der Waals surface area (Å²) in [6.07, 6.45) is 6.98. The Bertz CT molecular complexity index is 1260. The van der Waals surface area contributed by atoms with Gasteiger partial charge in [-0.05, 0) is 72.9 Å². The molecule has 1 amide bonds. The molecule has 5 atom stereocenters. The molecule has 228 valence electrons. The van der Waals surface area contributed by atoms with Crippen molar-refractivity contribution in [3.05, 3.63) is 64.3 Å². The molecule has 0 radical (unpaired) electrons.